The molecule has 0 N–H and O–H groups in total. The Hall–Kier alpha value is -1.08. The standard InChI is InChI=1S/C10H9F2NS/c1-7(6-13)8-2-4-9(5-3-8)14-10(11)12/h2-5,7,10H,1H3. The highest BCUT2D eigenvalue weighted by Gasteiger charge is 2.06. The number of thioether (sulfide) groups is 1. The summed E-state index contributed by atoms with van der Waals surface area (Å²) in [7, 11) is 0. The molecule has 0 aromatic heterocycles. The molecule has 0 fully saturated rings. The van der Waals surface area contributed by atoms with Gasteiger partial charge in [0.15, 0.2) is 0 Å². The van der Waals surface area contributed by atoms with Gasteiger partial charge in [0, 0.05) is 4.90 Å². The highest BCUT2D eigenvalue weighted by molar-refractivity contribution is 7.99. The van der Waals surface area contributed by atoms with E-state index in [1.54, 1.807) is 31.2 Å². The molecule has 0 aliphatic carbocycles. The lowest BCUT2D eigenvalue weighted by molar-refractivity contribution is 0.252. The van der Waals surface area contributed by atoms with E-state index >= 15 is 0 Å². The third-order valence-corrected chi connectivity index (χ3v) is 2.52. The number of benzene rings is 1. The SMILES string of the molecule is CC(C#N)c1ccc(SC(F)F)cc1. The summed E-state index contributed by atoms with van der Waals surface area (Å²) < 4.78 is 23.9. The molecule has 0 spiro atoms. The molecule has 0 saturated heterocycles. The van der Waals surface area contributed by atoms with Gasteiger partial charge in [0.1, 0.15) is 0 Å². The van der Waals surface area contributed by atoms with E-state index in [2.05, 4.69) is 6.07 Å². The summed E-state index contributed by atoms with van der Waals surface area (Å²) in [6.45, 7) is 1.77. The minimum Gasteiger partial charge on any atom is -0.198 e. The highest BCUT2D eigenvalue weighted by atomic mass is 32.2. The van der Waals surface area contributed by atoms with Gasteiger partial charge in [-0.25, -0.2) is 0 Å². The summed E-state index contributed by atoms with van der Waals surface area (Å²) in [5.41, 5.74) is 0.853. The second-order valence-electron chi connectivity index (χ2n) is 2.80. The molecule has 1 aromatic rings. The van der Waals surface area contributed by atoms with Crippen molar-refractivity contribution >= 4 is 11.8 Å². The lowest BCUT2D eigenvalue weighted by atomic mass is 10.0. The molecule has 74 valence electrons. The molecule has 4 heteroatoms. The predicted octanol–water partition coefficient (Wildman–Crippen LogP) is 3.63. The molecule has 0 bridgehead atoms. The molecule has 0 amide bonds. The van der Waals surface area contributed by atoms with Crippen LogP contribution >= 0.6 is 11.8 Å². The molecule has 14 heavy (non-hydrogen) atoms. The highest BCUT2D eigenvalue weighted by Crippen LogP contribution is 2.26. The molecular formula is C10H9F2NS. The number of hydrogen-bond acceptors (Lipinski definition) is 2. The average molecular weight is 213 g/mol. The Balaban J connectivity index is 2.74. The van der Waals surface area contributed by atoms with Crippen LogP contribution < -0.4 is 0 Å². The van der Waals surface area contributed by atoms with Crippen LogP contribution in [-0.4, -0.2) is 5.76 Å². The van der Waals surface area contributed by atoms with Crippen LogP contribution in [0.2, 0.25) is 0 Å². The lowest BCUT2D eigenvalue weighted by Crippen LogP contribution is -1.89. The van der Waals surface area contributed by atoms with Crippen molar-refractivity contribution in [2.24, 2.45) is 0 Å². The maximum absolute atomic E-state index is 12.0. The van der Waals surface area contributed by atoms with Crippen molar-refractivity contribution in [3.05, 3.63) is 29.8 Å². The second-order valence-corrected chi connectivity index (χ2v) is 3.86. The predicted molar refractivity (Wildman–Crippen MR) is 52.3 cm³/mol. The summed E-state index contributed by atoms with van der Waals surface area (Å²) in [6.07, 6.45) is 0. The van der Waals surface area contributed by atoms with Gasteiger partial charge in [0.25, 0.3) is 5.76 Å². The third-order valence-electron chi connectivity index (χ3n) is 1.80. The van der Waals surface area contributed by atoms with Gasteiger partial charge in [-0.15, -0.1) is 0 Å². The first-order chi connectivity index (χ1) is 6.63. The Morgan fingerprint density at radius 2 is 1.86 bits per heavy atom. The Kier molecular flexibility index (Phi) is 3.90. The van der Waals surface area contributed by atoms with E-state index in [1.807, 2.05) is 0 Å². The molecule has 0 aliphatic heterocycles. The third kappa shape index (κ3) is 3.00. The number of nitriles is 1. The van der Waals surface area contributed by atoms with E-state index in [9.17, 15) is 8.78 Å². The van der Waals surface area contributed by atoms with E-state index < -0.39 is 5.76 Å². The average Bonchev–Trinajstić information content (AvgIpc) is 2.17. The number of hydrogen-bond donors (Lipinski definition) is 0. The zero-order valence-corrected chi connectivity index (χ0v) is 8.39. The van der Waals surface area contributed by atoms with Gasteiger partial charge >= 0.3 is 0 Å². The quantitative estimate of drug-likeness (QED) is 0.716. The summed E-state index contributed by atoms with van der Waals surface area (Å²) >= 11 is 0.510. The molecule has 0 heterocycles. The van der Waals surface area contributed by atoms with Crippen LogP contribution in [0.15, 0.2) is 29.2 Å². The molecule has 0 saturated carbocycles. The molecule has 1 nitrogen and oxygen atoms in total. The first-order valence-corrected chi connectivity index (χ1v) is 4.96. The van der Waals surface area contributed by atoms with Crippen molar-refractivity contribution in [2.75, 3.05) is 0 Å². The van der Waals surface area contributed by atoms with Gasteiger partial charge in [-0.2, -0.15) is 14.0 Å². The normalized spacial score (nSPS) is 12.5. The van der Waals surface area contributed by atoms with Gasteiger partial charge in [-0.3, -0.25) is 0 Å². The van der Waals surface area contributed by atoms with Crippen molar-refractivity contribution in [1.29, 1.82) is 5.26 Å². The molecule has 1 unspecified atom stereocenters. The number of nitrogens with zero attached hydrogens (tertiary/aromatic N) is 1. The number of alkyl halides is 2. The second kappa shape index (κ2) is 4.97. The van der Waals surface area contributed by atoms with Gasteiger partial charge < -0.3 is 0 Å². The fourth-order valence-corrected chi connectivity index (χ4v) is 1.51. The van der Waals surface area contributed by atoms with Crippen molar-refractivity contribution in [3.63, 3.8) is 0 Å². The molecule has 0 aliphatic rings. The van der Waals surface area contributed by atoms with Crippen LogP contribution in [0.3, 0.4) is 0 Å². The fourth-order valence-electron chi connectivity index (χ4n) is 1.01. The van der Waals surface area contributed by atoms with E-state index in [4.69, 9.17) is 5.26 Å². The molecule has 1 atom stereocenters. The summed E-state index contributed by atoms with van der Waals surface area (Å²) in [6, 6.07) is 8.72. The van der Waals surface area contributed by atoms with Crippen molar-refractivity contribution in [2.45, 2.75) is 23.5 Å². The Bertz CT molecular complexity index is 329. The van der Waals surface area contributed by atoms with Crippen LogP contribution in [0.25, 0.3) is 0 Å². The summed E-state index contributed by atoms with van der Waals surface area (Å²) in [5.74, 6) is -2.59. The van der Waals surface area contributed by atoms with E-state index in [-0.39, 0.29) is 5.92 Å². The largest absolute Gasteiger partial charge is 0.288 e. The smallest absolute Gasteiger partial charge is 0.198 e. The lowest BCUT2D eigenvalue weighted by Gasteiger charge is -2.04. The first-order valence-electron chi connectivity index (χ1n) is 4.08. The van der Waals surface area contributed by atoms with E-state index in [0.29, 0.717) is 16.7 Å². The topological polar surface area (TPSA) is 23.8 Å². The maximum Gasteiger partial charge on any atom is 0.288 e. The fraction of sp³-hybridized carbons (Fsp3) is 0.300. The zero-order valence-electron chi connectivity index (χ0n) is 7.58. The van der Waals surface area contributed by atoms with Crippen molar-refractivity contribution < 1.29 is 8.78 Å². The van der Waals surface area contributed by atoms with Gasteiger partial charge in [-0.1, -0.05) is 23.9 Å². The van der Waals surface area contributed by atoms with Crippen LogP contribution in [0.1, 0.15) is 18.4 Å². The van der Waals surface area contributed by atoms with Gasteiger partial charge in [-0.05, 0) is 24.6 Å². The maximum atomic E-state index is 12.0. The summed E-state index contributed by atoms with van der Waals surface area (Å²) in [4.78, 5) is 0.522. The minimum absolute atomic E-state index is 0.194. The molecular weight excluding hydrogens is 204 g/mol. The van der Waals surface area contributed by atoms with Crippen LogP contribution in [0, 0.1) is 11.3 Å². The van der Waals surface area contributed by atoms with Crippen LogP contribution in [0.5, 0.6) is 0 Å². The Morgan fingerprint density at radius 1 is 1.29 bits per heavy atom. The number of rotatable bonds is 3. The molecule has 0 radical (unpaired) electrons. The summed E-state index contributed by atoms with van der Waals surface area (Å²) in [5, 5.41) is 8.63. The zero-order chi connectivity index (χ0) is 10.6. The minimum atomic E-state index is -2.39. The van der Waals surface area contributed by atoms with E-state index in [0.717, 1.165) is 5.56 Å². The van der Waals surface area contributed by atoms with Gasteiger partial charge in [0.2, 0.25) is 0 Å². The first kappa shape index (κ1) is 11.0. The Labute approximate surface area is 85.7 Å². The van der Waals surface area contributed by atoms with Crippen molar-refractivity contribution in [3.8, 4) is 6.07 Å². The molecule has 1 aromatic carbocycles. The van der Waals surface area contributed by atoms with Gasteiger partial charge in [0.05, 0.1) is 12.0 Å². The number of halogens is 2. The van der Waals surface area contributed by atoms with Crippen LogP contribution in [0.4, 0.5) is 8.78 Å². The molecule has 1 rings (SSSR count). The van der Waals surface area contributed by atoms with E-state index in [1.165, 1.54) is 0 Å². The van der Waals surface area contributed by atoms with Crippen molar-refractivity contribution in [1.82, 2.24) is 0 Å². The van der Waals surface area contributed by atoms with Crippen LogP contribution in [-0.2, 0) is 0 Å². The Morgan fingerprint density at radius 3 is 2.29 bits per heavy atom. The monoisotopic (exact) mass is 213 g/mol.